The molecule has 0 bridgehead atoms. The molecule has 0 aliphatic heterocycles. The van der Waals surface area contributed by atoms with Gasteiger partial charge in [0.1, 0.15) is 11.4 Å². The molecule has 128 valence electrons. The molecule has 3 rings (SSSR count). The average molecular weight is 363 g/mol. The van der Waals surface area contributed by atoms with Gasteiger partial charge in [-0.05, 0) is 31.2 Å². The molecule has 0 atom stereocenters. The van der Waals surface area contributed by atoms with Crippen LogP contribution in [0.1, 0.15) is 16.1 Å². The minimum absolute atomic E-state index is 0.124. The first-order chi connectivity index (χ1) is 11.9. The molecule has 0 saturated carbocycles. The molecule has 1 heterocycles. The predicted octanol–water partition coefficient (Wildman–Crippen LogP) is 4.74. The third-order valence-electron chi connectivity index (χ3n) is 3.75. The first kappa shape index (κ1) is 16.9. The van der Waals surface area contributed by atoms with Gasteiger partial charge in [-0.1, -0.05) is 11.6 Å². The molecule has 2 aromatic carbocycles. The number of benzene rings is 2. The number of nitrogens with one attached hydrogen (secondary N) is 1. The second kappa shape index (κ2) is 6.52. The zero-order valence-electron chi connectivity index (χ0n) is 13.0. The van der Waals surface area contributed by atoms with Gasteiger partial charge >= 0.3 is 0 Å². The normalized spacial score (nSPS) is 10.8. The van der Waals surface area contributed by atoms with Gasteiger partial charge in [0.05, 0.1) is 22.2 Å². The van der Waals surface area contributed by atoms with Crippen LogP contribution in [0.15, 0.2) is 40.8 Å². The van der Waals surface area contributed by atoms with Crippen molar-refractivity contribution >= 4 is 39.7 Å². The Morgan fingerprint density at radius 2 is 2.08 bits per heavy atom. The number of hydrogen-bond donors (Lipinski definition) is 1. The fourth-order valence-corrected chi connectivity index (χ4v) is 2.72. The Morgan fingerprint density at radius 3 is 2.76 bits per heavy atom. The molecule has 0 fully saturated rings. The number of fused-ring (bicyclic) bond motifs is 1. The minimum Gasteiger partial charge on any atom is -0.453 e. The number of hydrogen-bond acceptors (Lipinski definition) is 5. The first-order valence-corrected chi connectivity index (χ1v) is 7.64. The Kier molecular flexibility index (Phi) is 4.41. The number of nitro benzene ring substituents is 1. The number of Topliss-reactive ketones (excluding diaryl/α,β-unsaturated/α-hetero) is 1. The summed E-state index contributed by atoms with van der Waals surface area (Å²) in [6.45, 7) is 1.55. The Labute approximate surface area is 146 Å². The van der Waals surface area contributed by atoms with Crippen molar-refractivity contribution in [3.8, 4) is 0 Å². The van der Waals surface area contributed by atoms with E-state index in [0.717, 1.165) is 0 Å². The highest BCUT2D eigenvalue weighted by Crippen LogP contribution is 2.28. The number of rotatable bonds is 5. The average Bonchev–Trinajstić information content (AvgIpc) is 2.90. The zero-order valence-corrected chi connectivity index (χ0v) is 13.8. The molecule has 8 heteroatoms. The van der Waals surface area contributed by atoms with Crippen LogP contribution in [0.2, 0.25) is 5.02 Å². The largest absolute Gasteiger partial charge is 0.453 e. The lowest BCUT2D eigenvalue weighted by Gasteiger charge is -2.07. The quantitative estimate of drug-likeness (QED) is 0.402. The van der Waals surface area contributed by atoms with Crippen LogP contribution in [0.25, 0.3) is 11.0 Å². The van der Waals surface area contributed by atoms with E-state index in [2.05, 4.69) is 5.32 Å². The van der Waals surface area contributed by atoms with Crippen LogP contribution in [-0.4, -0.2) is 17.3 Å². The van der Waals surface area contributed by atoms with Crippen molar-refractivity contribution in [1.82, 2.24) is 0 Å². The molecule has 3 aromatic rings. The van der Waals surface area contributed by atoms with Crippen LogP contribution in [0.5, 0.6) is 0 Å². The summed E-state index contributed by atoms with van der Waals surface area (Å²) in [5, 5.41) is 14.2. The molecule has 0 amide bonds. The number of halogens is 2. The van der Waals surface area contributed by atoms with Crippen molar-refractivity contribution in [1.29, 1.82) is 0 Å². The van der Waals surface area contributed by atoms with Gasteiger partial charge in [0.25, 0.3) is 5.69 Å². The van der Waals surface area contributed by atoms with Crippen molar-refractivity contribution in [3.05, 3.63) is 68.7 Å². The molecule has 0 saturated heterocycles. The smallest absolute Gasteiger partial charge is 0.271 e. The maximum Gasteiger partial charge on any atom is 0.271 e. The van der Waals surface area contributed by atoms with Crippen LogP contribution < -0.4 is 5.32 Å². The summed E-state index contributed by atoms with van der Waals surface area (Å²) in [6, 6.07) is 7.95. The fraction of sp³-hybridized carbons (Fsp3) is 0.118. The Bertz CT molecular complexity index is 1000. The number of anilines is 1. The van der Waals surface area contributed by atoms with E-state index in [-0.39, 0.29) is 28.8 Å². The van der Waals surface area contributed by atoms with Crippen molar-refractivity contribution in [2.45, 2.75) is 6.92 Å². The molecule has 0 spiro atoms. The summed E-state index contributed by atoms with van der Waals surface area (Å²) in [6.07, 6.45) is 0. The molecule has 1 N–H and O–H groups in total. The van der Waals surface area contributed by atoms with Crippen molar-refractivity contribution in [2.24, 2.45) is 0 Å². The third-order valence-corrected chi connectivity index (χ3v) is 4.07. The van der Waals surface area contributed by atoms with E-state index in [1.54, 1.807) is 6.92 Å². The number of aryl methyl sites for hydroxylation is 1. The highest BCUT2D eigenvalue weighted by Gasteiger charge is 2.18. The van der Waals surface area contributed by atoms with Crippen LogP contribution in [0.3, 0.4) is 0 Å². The van der Waals surface area contributed by atoms with Crippen LogP contribution >= 0.6 is 11.6 Å². The number of nitrogens with zero attached hydrogens (tertiary/aromatic N) is 1. The van der Waals surface area contributed by atoms with Gasteiger partial charge in [-0.2, -0.15) is 0 Å². The molecule has 0 unspecified atom stereocenters. The standard InChI is InChI=1S/C17H12ClFN2O4/c1-9-12-6-10(19)2-5-16(12)25-17(9)15(22)8-20-14-4-3-11(21(23)24)7-13(14)18/h2-7,20H,8H2,1H3. The van der Waals surface area contributed by atoms with Gasteiger partial charge in [-0.25, -0.2) is 4.39 Å². The summed E-state index contributed by atoms with van der Waals surface area (Å²) < 4.78 is 18.8. The summed E-state index contributed by atoms with van der Waals surface area (Å²) in [4.78, 5) is 22.5. The molecular formula is C17H12ClFN2O4. The number of carbonyl (C=O) groups is 1. The zero-order chi connectivity index (χ0) is 18.1. The van der Waals surface area contributed by atoms with Crippen molar-refractivity contribution < 1.29 is 18.5 Å². The molecule has 0 aliphatic rings. The van der Waals surface area contributed by atoms with E-state index in [1.807, 2.05) is 0 Å². The van der Waals surface area contributed by atoms with E-state index < -0.39 is 10.7 Å². The third kappa shape index (κ3) is 3.32. The van der Waals surface area contributed by atoms with Crippen LogP contribution in [0, 0.1) is 22.9 Å². The van der Waals surface area contributed by atoms with Gasteiger partial charge in [0.15, 0.2) is 5.76 Å². The van der Waals surface area contributed by atoms with E-state index in [4.69, 9.17) is 16.0 Å². The number of non-ortho nitro benzene ring substituents is 1. The summed E-state index contributed by atoms with van der Waals surface area (Å²) in [7, 11) is 0. The van der Waals surface area contributed by atoms with E-state index in [9.17, 15) is 19.3 Å². The van der Waals surface area contributed by atoms with Crippen molar-refractivity contribution in [3.63, 3.8) is 0 Å². The maximum absolute atomic E-state index is 13.3. The summed E-state index contributed by atoms with van der Waals surface area (Å²) in [5.41, 5.74) is 1.23. The van der Waals surface area contributed by atoms with Crippen molar-refractivity contribution in [2.75, 3.05) is 11.9 Å². The SMILES string of the molecule is Cc1c(C(=O)CNc2ccc([N+](=O)[O-])cc2Cl)oc2ccc(F)cc12. The molecule has 1 aromatic heterocycles. The number of ketones is 1. The summed E-state index contributed by atoms with van der Waals surface area (Å²) >= 11 is 5.97. The lowest BCUT2D eigenvalue weighted by Crippen LogP contribution is -2.14. The number of carbonyl (C=O) groups excluding carboxylic acids is 1. The lowest BCUT2D eigenvalue weighted by atomic mass is 10.1. The molecule has 0 radical (unpaired) electrons. The van der Waals surface area contributed by atoms with Gasteiger partial charge in [-0.15, -0.1) is 0 Å². The Hall–Kier alpha value is -2.93. The fourth-order valence-electron chi connectivity index (χ4n) is 2.48. The maximum atomic E-state index is 13.3. The highest BCUT2D eigenvalue weighted by molar-refractivity contribution is 6.33. The molecule has 0 aliphatic carbocycles. The second-order valence-electron chi connectivity index (χ2n) is 5.39. The summed E-state index contributed by atoms with van der Waals surface area (Å²) in [5.74, 6) is -0.624. The Morgan fingerprint density at radius 1 is 1.32 bits per heavy atom. The number of furan rings is 1. The van der Waals surface area contributed by atoms with Crippen LogP contribution in [0.4, 0.5) is 15.8 Å². The van der Waals surface area contributed by atoms with E-state index in [0.29, 0.717) is 22.2 Å². The van der Waals surface area contributed by atoms with Gasteiger partial charge in [0, 0.05) is 23.1 Å². The first-order valence-electron chi connectivity index (χ1n) is 7.26. The highest BCUT2D eigenvalue weighted by atomic mass is 35.5. The monoisotopic (exact) mass is 362 g/mol. The predicted molar refractivity (Wildman–Crippen MR) is 91.8 cm³/mol. The minimum atomic E-state index is -0.558. The van der Waals surface area contributed by atoms with Crippen LogP contribution in [-0.2, 0) is 0 Å². The lowest BCUT2D eigenvalue weighted by molar-refractivity contribution is -0.384. The second-order valence-corrected chi connectivity index (χ2v) is 5.80. The van der Waals surface area contributed by atoms with Gasteiger partial charge in [0.2, 0.25) is 5.78 Å². The topological polar surface area (TPSA) is 85.4 Å². The Balaban J connectivity index is 1.79. The molecule has 25 heavy (non-hydrogen) atoms. The molecule has 6 nitrogen and oxygen atoms in total. The van der Waals surface area contributed by atoms with Gasteiger partial charge in [-0.3, -0.25) is 14.9 Å². The molecular weight excluding hydrogens is 351 g/mol. The number of nitro groups is 1. The van der Waals surface area contributed by atoms with E-state index >= 15 is 0 Å². The van der Waals surface area contributed by atoms with E-state index in [1.165, 1.54) is 36.4 Å². The van der Waals surface area contributed by atoms with Gasteiger partial charge < -0.3 is 9.73 Å².